The van der Waals surface area contributed by atoms with Crippen LogP contribution < -0.4 is 11.2 Å². The van der Waals surface area contributed by atoms with Gasteiger partial charge in [0.15, 0.2) is 0 Å². The van der Waals surface area contributed by atoms with Gasteiger partial charge in [-0.3, -0.25) is 0 Å². The predicted octanol–water partition coefficient (Wildman–Crippen LogP) is -1.16. The lowest BCUT2D eigenvalue weighted by Gasteiger charge is -2.00. The first-order valence-electron chi connectivity index (χ1n) is 4.18. The van der Waals surface area contributed by atoms with Crippen molar-refractivity contribution < 1.29 is 10.0 Å². The van der Waals surface area contributed by atoms with E-state index in [-0.39, 0.29) is 0 Å². The number of nitrogens with zero attached hydrogens (tertiary/aromatic N) is 2. The van der Waals surface area contributed by atoms with E-state index in [1.165, 1.54) is 0 Å². The third-order valence-corrected chi connectivity index (χ3v) is 2.26. The molecule has 5 nitrogen and oxygen atoms in total. The molecule has 1 aromatic carbocycles. The second-order valence-corrected chi connectivity index (χ2v) is 3.12. The van der Waals surface area contributed by atoms with Crippen molar-refractivity contribution in [2.45, 2.75) is 0 Å². The van der Waals surface area contributed by atoms with Crippen LogP contribution in [0.2, 0.25) is 0 Å². The summed E-state index contributed by atoms with van der Waals surface area (Å²) in [5.41, 5.74) is 7.30. The first-order chi connectivity index (χ1) is 6.61. The van der Waals surface area contributed by atoms with Crippen molar-refractivity contribution in [2.24, 2.45) is 7.05 Å². The zero-order valence-electron chi connectivity index (χ0n) is 7.68. The van der Waals surface area contributed by atoms with Crippen LogP contribution in [0.15, 0.2) is 18.2 Å². The molecule has 6 heteroatoms. The van der Waals surface area contributed by atoms with Gasteiger partial charge < -0.3 is 20.3 Å². The van der Waals surface area contributed by atoms with Gasteiger partial charge in [0.25, 0.3) is 0 Å². The summed E-state index contributed by atoms with van der Waals surface area (Å²) in [6, 6.07) is 5.17. The molecular formula is C8H10BN3O2. The van der Waals surface area contributed by atoms with Gasteiger partial charge >= 0.3 is 7.12 Å². The molecular weight excluding hydrogens is 181 g/mol. The Bertz CT molecular complexity index is 481. The highest BCUT2D eigenvalue weighted by molar-refractivity contribution is 6.61. The predicted molar refractivity (Wildman–Crippen MR) is 55.0 cm³/mol. The Kier molecular flexibility index (Phi) is 1.94. The number of aryl methyl sites for hydroxylation is 1. The van der Waals surface area contributed by atoms with Gasteiger partial charge in [0.2, 0.25) is 5.95 Å². The molecule has 1 aromatic heterocycles. The smallest absolute Gasteiger partial charge is 0.423 e. The average Bonchev–Trinajstić information content (AvgIpc) is 2.43. The van der Waals surface area contributed by atoms with E-state index in [0.29, 0.717) is 16.9 Å². The maximum Gasteiger partial charge on any atom is 0.490 e. The zero-order valence-corrected chi connectivity index (χ0v) is 7.68. The summed E-state index contributed by atoms with van der Waals surface area (Å²) in [6.45, 7) is 0. The van der Waals surface area contributed by atoms with Gasteiger partial charge in [-0.2, -0.15) is 0 Å². The maximum absolute atomic E-state index is 9.09. The Morgan fingerprint density at radius 3 is 2.79 bits per heavy atom. The molecule has 72 valence electrons. The van der Waals surface area contributed by atoms with Crippen LogP contribution in [-0.2, 0) is 7.05 Å². The molecule has 14 heavy (non-hydrogen) atoms. The number of anilines is 1. The van der Waals surface area contributed by atoms with E-state index >= 15 is 0 Å². The van der Waals surface area contributed by atoms with Crippen LogP contribution in [0.4, 0.5) is 5.95 Å². The highest BCUT2D eigenvalue weighted by Crippen LogP contribution is 2.13. The molecule has 0 saturated carbocycles. The Labute approximate surface area is 80.9 Å². The fourth-order valence-electron chi connectivity index (χ4n) is 1.46. The molecule has 0 aliphatic heterocycles. The minimum Gasteiger partial charge on any atom is -0.423 e. The topological polar surface area (TPSA) is 84.3 Å². The standard InChI is InChI=1S/C8H10BN3O2/c1-12-6-4-2-3-5(9(13)14)7(6)11-8(12)10/h2-4,13-14H,1H3,(H2,10,11). The van der Waals surface area contributed by atoms with Gasteiger partial charge in [-0.1, -0.05) is 12.1 Å². The number of fused-ring (bicyclic) bond motifs is 1. The second-order valence-electron chi connectivity index (χ2n) is 3.12. The summed E-state index contributed by atoms with van der Waals surface area (Å²) < 4.78 is 1.70. The summed E-state index contributed by atoms with van der Waals surface area (Å²) in [5.74, 6) is 0.355. The average molecular weight is 191 g/mol. The zero-order chi connectivity index (χ0) is 10.3. The van der Waals surface area contributed by atoms with Crippen LogP contribution in [0, 0.1) is 0 Å². The molecule has 0 fully saturated rings. The van der Waals surface area contributed by atoms with Crippen LogP contribution in [0.3, 0.4) is 0 Å². The SMILES string of the molecule is Cn1c(N)nc2c(B(O)O)cccc21. The Morgan fingerprint density at radius 1 is 1.43 bits per heavy atom. The molecule has 0 radical (unpaired) electrons. The summed E-state index contributed by atoms with van der Waals surface area (Å²) in [5, 5.41) is 18.2. The molecule has 0 saturated heterocycles. The van der Waals surface area contributed by atoms with Gasteiger partial charge in [-0.05, 0) is 6.07 Å². The van der Waals surface area contributed by atoms with Crippen molar-refractivity contribution >= 4 is 29.6 Å². The highest BCUT2D eigenvalue weighted by atomic mass is 16.4. The fourth-order valence-corrected chi connectivity index (χ4v) is 1.46. The van der Waals surface area contributed by atoms with Gasteiger partial charge in [-0.25, -0.2) is 4.98 Å². The lowest BCUT2D eigenvalue weighted by molar-refractivity contribution is 0.426. The lowest BCUT2D eigenvalue weighted by Crippen LogP contribution is -2.30. The molecule has 0 amide bonds. The largest absolute Gasteiger partial charge is 0.490 e. The van der Waals surface area contributed by atoms with E-state index in [1.807, 2.05) is 6.07 Å². The minimum absolute atomic E-state index is 0.355. The number of rotatable bonds is 1. The van der Waals surface area contributed by atoms with E-state index in [0.717, 1.165) is 5.52 Å². The first-order valence-corrected chi connectivity index (χ1v) is 4.18. The van der Waals surface area contributed by atoms with Crippen molar-refractivity contribution in [1.82, 2.24) is 9.55 Å². The minimum atomic E-state index is -1.52. The van der Waals surface area contributed by atoms with E-state index in [9.17, 15) is 0 Å². The molecule has 0 atom stereocenters. The van der Waals surface area contributed by atoms with Crippen molar-refractivity contribution in [1.29, 1.82) is 0 Å². The van der Waals surface area contributed by atoms with Crippen LogP contribution in [0.5, 0.6) is 0 Å². The third-order valence-electron chi connectivity index (χ3n) is 2.26. The van der Waals surface area contributed by atoms with Crippen molar-refractivity contribution in [3.63, 3.8) is 0 Å². The van der Waals surface area contributed by atoms with E-state index in [4.69, 9.17) is 15.8 Å². The monoisotopic (exact) mass is 191 g/mol. The molecule has 0 unspecified atom stereocenters. The summed E-state index contributed by atoms with van der Waals surface area (Å²) in [7, 11) is 0.256. The molecule has 2 aromatic rings. The number of benzene rings is 1. The summed E-state index contributed by atoms with van der Waals surface area (Å²) >= 11 is 0. The molecule has 0 aliphatic rings. The number of hydrogen-bond acceptors (Lipinski definition) is 4. The number of hydrogen-bond donors (Lipinski definition) is 3. The number of para-hydroxylation sites is 1. The highest BCUT2D eigenvalue weighted by Gasteiger charge is 2.17. The molecule has 0 spiro atoms. The number of aromatic nitrogens is 2. The van der Waals surface area contributed by atoms with Crippen LogP contribution >= 0.6 is 0 Å². The summed E-state index contributed by atoms with van der Waals surface area (Å²) in [4.78, 5) is 4.05. The second kappa shape index (κ2) is 3.00. The lowest BCUT2D eigenvalue weighted by atomic mass is 9.79. The quantitative estimate of drug-likeness (QED) is 0.496. The van der Waals surface area contributed by atoms with E-state index < -0.39 is 7.12 Å². The van der Waals surface area contributed by atoms with Gasteiger partial charge in [-0.15, -0.1) is 0 Å². The van der Waals surface area contributed by atoms with Crippen molar-refractivity contribution in [3.05, 3.63) is 18.2 Å². The number of imidazole rings is 1. The molecule has 4 N–H and O–H groups in total. The van der Waals surface area contributed by atoms with Gasteiger partial charge in [0, 0.05) is 12.5 Å². The van der Waals surface area contributed by atoms with E-state index in [2.05, 4.69) is 4.98 Å². The Morgan fingerprint density at radius 2 is 2.14 bits per heavy atom. The molecule has 0 aliphatic carbocycles. The Balaban J connectivity index is 2.81. The van der Waals surface area contributed by atoms with Crippen LogP contribution in [0.25, 0.3) is 11.0 Å². The normalized spacial score (nSPS) is 10.8. The Hall–Kier alpha value is -1.53. The van der Waals surface area contributed by atoms with Crippen molar-refractivity contribution in [2.75, 3.05) is 5.73 Å². The van der Waals surface area contributed by atoms with Gasteiger partial charge in [0.05, 0.1) is 11.0 Å². The van der Waals surface area contributed by atoms with Crippen LogP contribution in [0.1, 0.15) is 0 Å². The van der Waals surface area contributed by atoms with Gasteiger partial charge in [0.1, 0.15) is 0 Å². The van der Waals surface area contributed by atoms with Crippen molar-refractivity contribution in [3.8, 4) is 0 Å². The van der Waals surface area contributed by atoms with E-state index in [1.54, 1.807) is 23.7 Å². The molecule has 1 heterocycles. The first kappa shape index (κ1) is 9.05. The number of nitrogens with two attached hydrogens (primary N) is 1. The third kappa shape index (κ3) is 1.16. The maximum atomic E-state index is 9.09. The van der Waals surface area contributed by atoms with Crippen LogP contribution in [-0.4, -0.2) is 26.7 Å². The number of nitrogen functional groups attached to an aromatic ring is 1. The summed E-state index contributed by atoms with van der Waals surface area (Å²) in [6.07, 6.45) is 0. The fraction of sp³-hybridized carbons (Fsp3) is 0.125. The molecule has 2 rings (SSSR count). The molecule has 0 bridgehead atoms.